The number of carbonyl (C=O) groups is 1. The molecule has 2 N–H and O–H groups in total. The van der Waals surface area contributed by atoms with Crippen LogP contribution in [0, 0.1) is 12.8 Å². The van der Waals surface area contributed by atoms with E-state index in [0.29, 0.717) is 17.2 Å². The maximum atomic E-state index is 12.1. The van der Waals surface area contributed by atoms with Crippen molar-refractivity contribution in [2.75, 3.05) is 18.4 Å². The molecule has 1 aromatic rings. The molecule has 0 radical (unpaired) electrons. The first kappa shape index (κ1) is 12.7. The van der Waals surface area contributed by atoms with Gasteiger partial charge in [0.05, 0.1) is 0 Å². The maximum Gasteiger partial charge on any atom is 0.321 e. The molecular formula is C14H20N2O2. The Hall–Kier alpha value is -1.71. The van der Waals surface area contributed by atoms with Gasteiger partial charge in [0.25, 0.3) is 0 Å². The van der Waals surface area contributed by atoms with Crippen LogP contribution in [0.5, 0.6) is 5.75 Å². The van der Waals surface area contributed by atoms with Crippen molar-refractivity contribution in [3.05, 3.63) is 23.8 Å². The molecule has 1 aromatic carbocycles. The molecule has 1 heterocycles. The van der Waals surface area contributed by atoms with Gasteiger partial charge >= 0.3 is 6.03 Å². The van der Waals surface area contributed by atoms with Crippen LogP contribution in [0.2, 0.25) is 0 Å². The molecule has 98 valence electrons. The molecular weight excluding hydrogens is 228 g/mol. The Morgan fingerprint density at radius 3 is 3.00 bits per heavy atom. The quantitative estimate of drug-likeness (QED) is 0.802. The summed E-state index contributed by atoms with van der Waals surface area (Å²) < 4.78 is 0. The maximum absolute atomic E-state index is 12.1. The molecule has 2 rings (SSSR count). The number of piperidine rings is 1. The van der Waals surface area contributed by atoms with E-state index in [-0.39, 0.29) is 11.8 Å². The smallest absolute Gasteiger partial charge is 0.321 e. The fourth-order valence-corrected chi connectivity index (χ4v) is 2.33. The van der Waals surface area contributed by atoms with E-state index in [1.165, 1.54) is 6.42 Å². The summed E-state index contributed by atoms with van der Waals surface area (Å²) in [5, 5.41) is 12.5. The van der Waals surface area contributed by atoms with Gasteiger partial charge < -0.3 is 15.3 Å². The van der Waals surface area contributed by atoms with Gasteiger partial charge in [-0.25, -0.2) is 4.79 Å². The Labute approximate surface area is 108 Å². The number of benzene rings is 1. The van der Waals surface area contributed by atoms with Crippen molar-refractivity contribution in [2.24, 2.45) is 5.92 Å². The van der Waals surface area contributed by atoms with E-state index in [1.54, 1.807) is 25.1 Å². The molecule has 1 atom stereocenters. The van der Waals surface area contributed by atoms with Crippen LogP contribution in [-0.2, 0) is 0 Å². The Morgan fingerprint density at radius 1 is 1.50 bits per heavy atom. The molecule has 0 aromatic heterocycles. The van der Waals surface area contributed by atoms with Gasteiger partial charge in [0.15, 0.2) is 0 Å². The number of nitrogens with zero attached hydrogens (tertiary/aromatic N) is 1. The fraction of sp³-hybridized carbons (Fsp3) is 0.500. The molecule has 0 spiro atoms. The van der Waals surface area contributed by atoms with Gasteiger partial charge in [-0.15, -0.1) is 0 Å². The van der Waals surface area contributed by atoms with Gasteiger partial charge in [0.2, 0.25) is 0 Å². The summed E-state index contributed by atoms with van der Waals surface area (Å²) in [6.07, 6.45) is 2.25. The third-order valence-corrected chi connectivity index (χ3v) is 3.49. The van der Waals surface area contributed by atoms with Crippen molar-refractivity contribution in [1.82, 2.24) is 4.90 Å². The summed E-state index contributed by atoms with van der Waals surface area (Å²) >= 11 is 0. The van der Waals surface area contributed by atoms with Gasteiger partial charge in [-0.1, -0.05) is 13.0 Å². The second-order valence-electron chi connectivity index (χ2n) is 5.07. The van der Waals surface area contributed by atoms with Crippen LogP contribution in [0.3, 0.4) is 0 Å². The molecule has 18 heavy (non-hydrogen) atoms. The van der Waals surface area contributed by atoms with Crippen molar-refractivity contribution >= 4 is 11.7 Å². The number of nitrogens with one attached hydrogen (secondary N) is 1. The zero-order valence-electron chi connectivity index (χ0n) is 10.9. The topological polar surface area (TPSA) is 52.6 Å². The molecule has 1 unspecified atom stereocenters. The SMILES string of the molecule is Cc1c(O)cccc1NC(=O)N1CCCC(C)C1. The lowest BCUT2D eigenvalue weighted by Crippen LogP contribution is -2.41. The second kappa shape index (κ2) is 5.29. The number of hydrogen-bond acceptors (Lipinski definition) is 2. The predicted molar refractivity (Wildman–Crippen MR) is 71.8 cm³/mol. The number of aromatic hydroxyl groups is 1. The summed E-state index contributed by atoms with van der Waals surface area (Å²) in [5.74, 6) is 0.773. The van der Waals surface area contributed by atoms with E-state index < -0.39 is 0 Å². The van der Waals surface area contributed by atoms with E-state index in [2.05, 4.69) is 12.2 Å². The predicted octanol–water partition coefficient (Wildman–Crippen LogP) is 2.96. The molecule has 1 aliphatic heterocycles. The van der Waals surface area contributed by atoms with E-state index >= 15 is 0 Å². The van der Waals surface area contributed by atoms with E-state index in [1.807, 2.05) is 4.90 Å². The first-order chi connectivity index (χ1) is 8.58. The van der Waals surface area contributed by atoms with Gasteiger partial charge in [-0.05, 0) is 37.8 Å². The van der Waals surface area contributed by atoms with Crippen molar-refractivity contribution in [1.29, 1.82) is 0 Å². The number of rotatable bonds is 1. The number of carbonyl (C=O) groups excluding carboxylic acids is 1. The van der Waals surface area contributed by atoms with Gasteiger partial charge in [0.1, 0.15) is 5.75 Å². The Balaban J connectivity index is 2.04. The van der Waals surface area contributed by atoms with Crippen molar-refractivity contribution in [3.63, 3.8) is 0 Å². The van der Waals surface area contributed by atoms with Crippen LogP contribution < -0.4 is 5.32 Å². The lowest BCUT2D eigenvalue weighted by molar-refractivity contribution is 0.182. The molecule has 1 fully saturated rings. The van der Waals surface area contributed by atoms with Crippen LogP contribution >= 0.6 is 0 Å². The van der Waals surface area contributed by atoms with Gasteiger partial charge in [-0.3, -0.25) is 0 Å². The Bertz CT molecular complexity index is 445. The van der Waals surface area contributed by atoms with Crippen molar-refractivity contribution < 1.29 is 9.90 Å². The minimum atomic E-state index is -0.0738. The van der Waals surface area contributed by atoms with Crippen LogP contribution in [0.15, 0.2) is 18.2 Å². The van der Waals surface area contributed by atoms with E-state index in [0.717, 1.165) is 19.5 Å². The first-order valence-electron chi connectivity index (χ1n) is 6.42. The van der Waals surface area contributed by atoms with Gasteiger partial charge in [-0.2, -0.15) is 0 Å². The molecule has 4 heteroatoms. The third-order valence-electron chi connectivity index (χ3n) is 3.49. The van der Waals surface area contributed by atoms with Crippen LogP contribution in [-0.4, -0.2) is 29.1 Å². The van der Waals surface area contributed by atoms with E-state index in [9.17, 15) is 9.90 Å². The highest BCUT2D eigenvalue weighted by Gasteiger charge is 2.21. The highest BCUT2D eigenvalue weighted by Crippen LogP contribution is 2.24. The monoisotopic (exact) mass is 248 g/mol. The minimum Gasteiger partial charge on any atom is -0.508 e. The zero-order chi connectivity index (χ0) is 13.1. The highest BCUT2D eigenvalue weighted by molar-refractivity contribution is 5.90. The summed E-state index contributed by atoms with van der Waals surface area (Å²) in [6, 6.07) is 5.08. The number of likely N-dealkylation sites (tertiary alicyclic amines) is 1. The molecule has 1 aliphatic rings. The Kier molecular flexibility index (Phi) is 3.75. The van der Waals surface area contributed by atoms with Crippen molar-refractivity contribution in [3.8, 4) is 5.75 Å². The average molecular weight is 248 g/mol. The molecule has 0 aliphatic carbocycles. The molecule has 1 saturated heterocycles. The van der Waals surface area contributed by atoms with Crippen LogP contribution in [0.4, 0.5) is 10.5 Å². The van der Waals surface area contributed by atoms with E-state index in [4.69, 9.17) is 0 Å². The number of phenolic OH excluding ortho intramolecular Hbond substituents is 1. The lowest BCUT2D eigenvalue weighted by Gasteiger charge is -2.31. The summed E-state index contributed by atoms with van der Waals surface area (Å²) in [6.45, 7) is 5.58. The summed E-state index contributed by atoms with van der Waals surface area (Å²) in [7, 11) is 0. The lowest BCUT2D eigenvalue weighted by atomic mass is 10.0. The minimum absolute atomic E-state index is 0.0738. The molecule has 2 amide bonds. The average Bonchev–Trinajstić information content (AvgIpc) is 2.35. The molecule has 0 bridgehead atoms. The number of amides is 2. The fourth-order valence-electron chi connectivity index (χ4n) is 2.33. The number of hydrogen-bond donors (Lipinski definition) is 2. The second-order valence-corrected chi connectivity index (χ2v) is 5.07. The summed E-state index contributed by atoms with van der Waals surface area (Å²) in [4.78, 5) is 14.0. The summed E-state index contributed by atoms with van der Waals surface area (Å²) in [5.41, 5.74) is 1.38. The first-order valence-corrected chi connectivity index (χ1v) is 6.42. The van der Waals surface area contributed by atoms with Gasteiger partial charge in [0, 0.05) is 24.3 Å². The standard InChI is InChI=1S/C14H20N2O2/c1-10-5-4-8-16(9-10)14(18)15-12-6-3-7-13(17)11(12)2/h3,6-7,10,17H,4-5,8-9H2,1-2H3,(H,15,18). The molecule has 0 saturated carbocycles. The normalized spacial score (nSPS) is 19.7. The Morgan fingerprint density at radius 2 is 2.28 bits per heavy atom. The third kappa shape index (κ3) is 2.75. The van der Waals surface area contributed by atoms with Crippen LogP contribution in [0.25, 0.3) is 0 Å². The molecule has 4 nitrogen and oxygen atoms in total. The van der Waals surface area contributed by atoms with Crippen LogP contribution in [0.1, 0.15) is 25.3 Å². The zero-order valence-corrected chi connectivity index (χ0v) is 10.9. The largest absolute Gasteiger partial charge is 0.508 e. The number of urea groups is 1. The number of phenols is 1. The number of anilines is 1. The van der Waals surface area contributed by atoms with Crippen molar-refractivity contribution in [2.45, 2.75) is 26.7 Å². The highest BCUT2D eigenvalue weighted by atomic mass is 16.3.